The number of amides is 1. The number of benzene rings is 2. The summed E-state index contributed by atoms with van der Waals surface area (Å²) in [6.07, 6.45) is -0.819. The number of hydrogen-bond acceptors (Lipinski definition) is 3. The molecule has 24 heavy (non-hydrogen) atoms. The summed E-state index contributed by atoms with van der Waals surface area (Å²) in [5.74, 6) is -0.198. The average molecular weight is 348 g/mol. The number of aliphatic hydroxyl groups is 1. The van der Waals surface area contributed by atoms with Crippen molar-refractivity contribution in [2.75, 3.05) is 6.61 Å². The first kappa shape index (κ1) is 18.5. The van der Waals surface area contributed by atoms with Crippen LogP contribution in [0, 0.1) is 0 Å². The summed E-state index contributed by atoms with van der Waals surface area (Å²) in [5, 5.41) is 13.5. The lowest BCUT2D eigenvalue weighted by atomic mass is 10.1. The third-order valence-electron chi connectivity index (χ3n) is 3.62. The first-order chi connectivity index (χ1) is 11.6. The van der Waals surface area contributed by atoms with Crippen LogP contribution in [0.4, 0.5) is 0 Å². The van der Waals surface area contributed by atoms with Crippen molar-refractivity contribution in [3.05, 3.63) is 70.2 Å². The largest absolute Gasteiger partial charge is 0.388 e. The number of carbonyl (C=O) groups excluding carboxylic acids is 1. The van der Waals surface area contributed by atoms with Crippen LogP contribution in [0.25, 0.3) is 0 Å². The molecule has 4 nitrogen and oxygen atoms in total. The summed E-state index contributed by atoms with van der Waals surface area (Å²) in [6, 6.07) is 14.7. The third-order valence-corrected chi connectivity index (χ3v) is 3.87. The van der Waals surface area contributed by atoms with E-state index in [1.165, 1.54) is 0 Å². The second-order valence-electron chi connectivity index (χ2n) is 5.50. The van der Waals surface area contributed by atoms with Crippen molar-refractivity contribution in [2.24, 2.45) is 0 Å². The fraction of sp³-hybridized carbons (Fsp3) is 0.316. The molecule has 0 aliphatic heterocycles. The molecule has 128 valence electrons. The van der Waals surface area contributed by atoms with Gasteiger partial charge in [0, 0.05) is 18.2 Å². The molecule has 0 radical (unpaired) electrons. The summed E-state index contributed by atoms with van der Waals surface area (Å²) >= 11 is 5.81. The monoisotopic (exact) mass is 347 g/mol. The fourth-order valence-electron chi connectivity index (χ4n) is 2.22. The van der Waals surface area contributed by atoms with Gasteiger partial charge in [0.15, 0.2) is 0 Å². The molecule has 2 aromatic rings. The number of halogens is 1. The van der Waals surface area contributed by atoms with Crippen molar-refractivity contribution in [1.82, 2.24) is 5.32 Å². The Balaban J connectivity index is 1.79. The molecule has 0 aliphatic rings. The lowest BCUT2D eigenvalue weighted by Gasteiger charge is -2.12. The minimum Gasteiger partial charge on any atom is -0.388 e. The van der Waals surface area contributed by atoms with E-state index in [-0.39, 0.29) is 12.3 Å². The number of hydrogen-bond donors (Lipinski definition) is 2. The normalized spacial score (nSPS) is 12.0. The summed E-state index contributed by atoms with van der Waals surface area (Å²) in [5.41, 5.74) is 2.78. The molecule has 0 fully saturated rings. The molecule has 0 heterocycles. The highest BCUT2D eigenvalue weighted by Crippen LogP contribution is 2.19. The van der Waals surface area contributed by atoms with Gasteiger partial charge in [0.25, 0.3) is 0 Å². The number of aliphatic hydroxyl groups excluding tert-OH is 1. The highest BCUT2D eigenvalue weighted by molar-refractivity contribution is 6.30. The number of rotatable bonds is 8. The zero-order valence-electron chi connectivity index (χ0n) is 13.7. The van der Waals surface area contributed by atoms with Gasteiger partial charge in [-0.25, -0.2) is 0 Å². The van der Waals surface area contributed by atoms with Crippen molar-refractivity contribution in [3.63, 3.8) is 0 Å². The van der Waals surface area contributed by atoms with Gasteiger partial charge >= 0.3 is 0 Å². The van der Waals surface area contributed by atoms with Crippen molar-refractivity contribution in [3.8, 4) is 0 Å². The van der Waals surface area contributed by atoms with Crippen molar-refractivity contribution < 1.29 is 14.6 Å². The minimum absolute atomic E-state index is 0.0179. The van der Waals surface area contributed by atoms with E-state index in [1.54, 1.807) is 24.3 Å². The topological polar surface area (TPSA) is 58.6 Å². The maximum Gasteiger partial charge on any atom is 0.223 e. The van der Waals surface area contributed by atoms with Crippen molar-refractivity contribution in [1.29, 1.82) is 0 Å². The predicted octanol–water partition coefficient (Wildman–Crippen LogP) is 3.62. The van der Waals surface area contributed by atoms with Crippen LogP contribution in [0.3, 0.4) is 0 Å². The molecule has 1 unspecified atom stereocenters. The van der Waals surface area contributed by atoms with Crippen molar-refractivity contribution >= 4 is 17.5 Å². The Morgan fingerprint density at radius 1 is 1.12 bits per heavy atom. The van der Waals surface area contributed by atoms with Gasteiger partial charge < -0.3 is 15.2 Å². The summed E-state index contributed by atoms with van der Waals surface area (Å²) in [7, 11) is 0. The van der Waals surface area contributed by atoms with E-state index in [1.807, 2.05) is 31.2 Å². The van der Waals surface area contributed by atoms with E-state index < -0.39 is 6.10 Å². The fourth-order valence-corrected chi connectivity index (χ4v) is 2.35. The molecule has 2 N–H and O–H groups in total. The second kappa shape index (κ2) is 9.42. The smallest absolute Gasteiger partial charge is 0.223 e. The lowest BCUT2D eigenvalue weighted by Crippen LogP contribution is -2.24. The maximum atomic E-state index is 12.0. The Labute approximate surface area is 147 Å². The Morgan fingerprint density at radius 3 is 2.38 bits per heavy atom. The van der Waals surface area contributed by atoms with Crippen LogP contribution >= 0.6 is 11.6 Å². The molecule has 2 rings (SSSR count). The van der Waals surface area contributed by atoms with Gasteiger partial charge in [0.2, 0.25) is 5.91 Å². The van der Waals surface area contributed by atoms with Gasteiger partial charge in [-0.3, -0.25) is 4.79 Å². The van der Waals surface area contributed by atoms with Gasteiger partial charge in [0.05, 0.1) is 19.1 Å². The Bertz CT molecular complexity index is 641. The van der Waals surface area contributed by atoms with E-state index in [0.29, 0.717) is 30.3 Å². The molecule has 1 atom stereocenters. The summed E-state index contributed by atoms with van der Waals surface area (Å²) in [4.78, 5) is 12.0. The molecule has 0 aromatic heterocycles. The Morgan fingerprint density at radius 2 is 1.75 bits per heavy atom. The SMILES string of the molecule is CCOCc1ccc(CNC(=O)CC(O)c2ccc(Cl)cc2)cc1. The van der Waals surface area contributed by atoms with Gasteiger partial charge in [-0.1, -0.05) is 48.0 Å². The molecule has 2 aromatic carbocycles. The quantitative estimate of drug-likeness (QED) is 0.766. The van der Waals surface area contributed by atoms with Crippen LogP contribution in [0.2, 0.25) is 5.02 Å². The molecule has 0 saturated carbocycles. The molecule has 0 bridgehead atoms. The van der Waals surface area contributed by atoms with Gasteiger partial charge in [-0.15, -0.1) is 0 Å². The molecule has 1 amide bonds. The highest BCUT2D eigenvalue weighted by atomic mass is 35.5. The van der Waals surface area contributed by atoms with Crippen molar-refractivity contribution in [2.45, 2.75) is 32.6 Å². The third kappa shape index (κ3) is 5.96. The van der Waals surface area contributed by atoms with Crippen LogP contribution < -0.4 is 5.32 Å². The highest BCUT2D eigenvalue weighted by Gasteiger charge is 2.12. The first-order valence-corrected chi connectivity index (χ1v) is 8.32. The number of nitrogens with one attached hydrogen (secondary N) is 1. The van der Waals surface area contributed by atoms with E-state index in [9.17, 15) is 9.90 Å². The first-order valence-electron chi connectivity index (χ1n) is 7.94. The van der Waals surface area contributed by atoms with Gasteiger partial charge in [-0.2, -0.15) is 0 Å². The van der Waals surface area contributed by atoms with Crippen LogP contribution in [0.1, 0.15) is 36.1 Å². The Hall–Kier alpha value is -1.88. The molecule has 0 aliphatic carbocycles. The Kier molecular flexibility index (Phi) is 7.25. The van der Waals surface area contributed by atoms with Crippen LogP contribution in [-0.4, -0.2) is 17.6 Å². The minimum atomic E-state index is -0.837. The van der Waals surface area contributed by atoms with Crippen LogP contribution in [0.15, 0.2) is 48.5 Å². The lowest BCUT2D eigenvalue weighted by molar-refractivity contribution is -0.123. The van der Waals surface area contributed by atoms with Gasteiger partial charge in [-0.05, 0) is 35.7 Å². The zero-order chi connectivity index (χ0) is 17.4. The predicted molar refractivity (Wildman–Crippen MR) is 94.6 cm³/mol. The summed E-state index contributed by atoms with van der Waals surface area (Å²) < 4.78 is 5.34. The maximum absolute atomic E-state index is 12.0. The van der Waals surface area contributed by atoms with E-state index in [0.717, 1.165) is 11.1 Å². The van der Waals surface area contributed by atoms with Crippen LogP contribution in [0.5, 0.6) is 0 Å². The number of ether oxygens (including phenoxy) is 1. The standard InChI is InChI=1S/C19H22ClNO3/c1-2-24-13-15-5-3-14(4-6-15)12-21-19(23)11-18(22)16-7-9-17(20)10-8-16/h3-10,18,22H,2,11-13H2,1H3,(H,21,23). The molecular weight excluding hydrogens is 326 g/mol. The molecule has 0 spiro atoms. The molecule has 0 saturated heterocycles. The average Bonchev–Trinajstić information content (AvgIpc) is 2.59. The molecule has 5 heteroatoms. The number of carbonyl (C=O) groups is 1. The van der Waals surface area contributed by atoms with E-state index in [4.69, 9.17) is 16.3 Å². The van der Waals surface area contributed by atoms with E-state index in [2.05, 4.69) is 5.32 Å². The van der Waals surface area contributed by atoms with Gasteiger partial charge in [0.1, 0.15) is 0 Å². The second-order valence-corrected chi connectivity index (χ2v) is 5.94. The summed E-state index contributed by atoms with van der Waals surface area (Å²) in [6.45, 7) is 3.67. The zero-order valence-corrected chi connectivity index (χ0v) is 14.4. The van der Waals surface area contributed by atoms with E-state index >= 15 is 0 Å². The van der Waals surface area contributed by atoms with Crippen LogP contribution in [-0.2, 0) is 22.7 Å². The molecular formula is C19H22ClNO3.